The van der Waals surface area contributed by atoms with Crippen LogP contribution in [0.1, 0.15) is 18.4 Å². The van der Waals surface area contributed by atoms with E-state index in [-0.39, 0.29) is 12.3 Å². The molecule has 1 aromatic carbocycles. The molecule has 0 saturated carbocycles. The van der Waals surface area contributed by atoms with Crippen molar-refractivity contribution in [3.8, 4) is 6.07 Å². The molecule has 1 aliphatic rings. The second kappa shape index (κ2) is 8.06. The number of hydrogen-bond acceptors (Lipinski definition) is 5. The fraction of sp³-hybridized carbons (Fsp3) is 0.529. The average Bonchev–Trinajstić information content (AvgIpc) is 2.63. The van der Waals surface area contributed by atoms with Crippen LogP contribution in [0.2, 0.25) is 0 Å². The van der Waals surface area contributed by atoms with Gasteiger partial charge in [-0.2, -0.15) is 5.26 Å². The lowest BCUT2D eigenvalue weighted by Gasteiger charge is -2.41. The molecule has 2 rings (SSSR count). The molecule has 1 fully saturated rings. The second-order valence-corrected chi connectivity index (χ2v) is 5.51. The van der Waals surface area contributed by atoms with Crippen LogP contribution in [0.4, 0.5) is 0 Å². The van der Waals surface area contributed by atoms with Gasteiger partial charge in [-0.15, -0.1) is 0 Å². The normalized spacial score (nSPS) is 18.0. The van der Waals surface area contributed by atoms with Crippen molar-refractivity contribution in [3.05, 3.63) is 35.9 Å². The molecule has 6 nitrogen and oxygen atoms in total. The molecule has 1 saturated heterocycles. The first-order chi connectivity index (χ1) is 11.1. The Bertz CT molecular complexity index is 552. The molecule has 0 aromatic heterocycles. The Kier molecular flexibility index (Phi) is 6.11. The molecule has 0 spiro atoms. The number of nitriles is 1. The standard InChI is InChI=1S/C17H23N3O3/c1-19(22-2)16(21)8-9-17(14-18,15-6-4-3-5-7-15)20-10-12-23-13-11-20/h3-7H,8-13H2,1-2H3. The monoisotopic (exact) mass is 317 g/mol. The number of hydrogen-bond donors (Lipinski definition) is 0. The first-order valence-electron chi connectivity index (χ1n) is 7.74. The van der Waals surface area contributed by atoms with E-state index in [1.54, 1.807) is 7.05 Å². The summed E-state index contributed by atoms with van der Waals surface area (Å²) < 4.78 is 5.41. The first kappa shape index (κ1) is 17.4. The summed E-state index contributed by atoms with van der Waals surface area (Å²) in [6.45, 7) is 2.55. The van der Waals surface area contributed by atoms with Gasteiger partial charge in [-0.3, -0.25) is 14.5 Å². The molecule has 1 unspecified atom stereocenters. The predicted octanol–water partition coefficient (Wildman–Crippen LogP) is 1.54. The van der Waals surface area contributed by atoms with Crippen molar-refractivity contribution in [1.29, 1.82) is 5.26 Å². The van der Waals surface area contributed by atoms with E-state index in [2.05, 4.69) is 11.0 Å². The third-order valence-corrected chi connectivity index (χ3v) is 4.31. The second-order valence-electron chi connectivity index (χ2n) is 5.51. The lowest BCUT2D eigenvalue weighted by molar-refractivity contribution is -0.169. The molecule has 23 heavy (non-hydrogen) atoms. The van der Waals surface area contributed by atoms with Gasteiger partial charge in [-0.05, 0) is 12.0 Å². The smallest absolute Gasteiger partial charge is 0.245 e. The minimum absolute atomic E-state index is 0.142. The number of amides is 1. The molecule has 1 aliphatic heterocycles. The zero-order chi connectivity index (χ0) is 16.7. The van der Waals surface area contributed by atoms with Gasteiger partial charge in [0.25, 0.3) is 0 Å². The Morgan fingerprint density at radius 3 is 2.61 bits per heavy atom. The van der Waals surface area contributed by atoms with Crippen molar-refractivity contribution >= 4 is 5.91 Å². The number of hydroxylamine groups is 2. The highest BCUT2D eigenvalue weighted by molar-refractivity contribution is 5.75. The van der Waals surface area contributed by atoms with E-state index < -0.39 is 5.54 Å². The van der Waals surface area contributed by atoms with E-state index in [0.717, 1.165) is 5.56 Å². The van der Waals surface area contributed by atoms with Crippen LogP contribution in [-0.2, 0) is 19.9 Å². The van der Waals surface area contributed by atoms with Crippen LogP contribution < -0.4 is 0 Å². The Hall–Kier alpha value is -1.94. The fourth-order valence-corrected chi connectivity index (χ4v) is 2.88. The van der Waals surface area contributed by atoms with Gasteiger partial charge < -0.3 is 4.74 Å². The summed E-state index contributed by atoms with van der Waals surface area (Å²) in [4.78, 5) is 19.1. The van der Waals surface area contributed by atoms with E-state index >= 15 is 0 Å². The quantitative estimate of drug-likeness (QED) is 0.745. The topological polar surface area (TPSA) is 65.8 Å². The minimum Gasteiger partial charge on any atom is -0.379 e. The largest absolute Gasteiger partial charge is 0.379 e. The highest BCUT2D eigenvalue weighted by Gasteiger charge is 2.40. The maximum atomic E-state index is 12.1. The molecule has 1 atom stereocenters. The first-order valence-corrected chi connectivity index (χ1v) is 7.74. The van der Waals surface area contributed by atoms with Gasteiger partial charge >= 0.3 is 0 Å². The lowest BCUT2D eigenvalue weighted by atomic mass is 9.84. The zero-order valence-electron chi connectivity index (χ0n) is 13.7. The summed E-state index contributed by atoms with van der Waals surface area (Å²) in [5.74, 6) is -0.142. The van der Waals surface area contributed by atoms with Gasteiger partial charge in [0.05, 0.1) is 26.4 Å². The lowest BCUT2D eigenvalue weighted by Crippen LogP contribution is -2.51. The van der Waals surface area contributed by atoms with E-state index in [0.29, 0.717) is 32.7 Å². The van der Waals surface area contributed by atoms with Crippen LogP contribution in [0.25, 0.3) is 0 Å². The zero-order valence-corrected chi connectivity index (χ0v) is 13.7. The molecule has 0 aliphatic carbocycles. The van der Waals surface area contributed by atoms with Gasteiger partial charge in [0, 0.05) is 26.6 Å². The molecule has 1 heterocycles. The fourth-order valence-electron chi connectivity index (χ4n) is 2.88. The van der Waals surface area contributed by atoms with E-state index in [9.17, 15) is 10.1 Å². The predicted molar refractivity (Wildman–Crippen MR) is 85.1 cm³/mol. The summed E-state index contributed by atoms with van der Waals surface area (Å²) in [5.41, 5.74) is 0.0900. The number of rotatable bonds is 6. The molecule has 6 heteroatoms. The molecule has 1 aromatic rings. The van der Waals surface area contributed by atoms with Crippen LogP contribution >= 0.6 is 0 Å². The molecule has 1 amide bonds. The van der Waals surface area contributed by atoms with Gasteiger partial charge in [-0.1, -0.05) is 30.3 Å². The van der Waals surface area contributed by atoms with Gasteiger partial charge in [0.1, 0.15) is 5.54 Å². The van der Waals surface area contributed by atoms with Crippen molar-refractivity contribution in [3.63, 3.8) is 0 Å². The Labute approximate surface area is 137 Å². The SMILES string of the molecule is CON(C)C(=O)CCC(C#N)(c1ccccc1)N1CCOCC1. The summed E-state index contributed by atoms with van der Waals surface area (Å²) in [6.07, 6.45) is 0.657. The van der Waals surface area contributed by atoms with Crippen LogP contribution in [0.5, 0.6) is 0 Å². The summed E-state index contributed by atoms with van der Waals surface area (Å²) in [5, 5.41) is 11.2. The van der Waals surface area contributed by atoms with Crippen LogP contribution in [0.15, 0.2) is 30.3 Å². The van der Waals surface area contributed by atoms with Crippen LogP contribution in [0.3, 0.4) is 0 Å². The van der Waals surface area contributed by atoms with Crippen molar-refractivity contribution in [2.75, 3.05) is 40.5 Å². The van der Waals surface area contributed by atoms with Crippen LogP contribution in [-0.4, -0.2) is 56.3 Å². The minimum atomic E-state index is -0.824. The summed E-state index contributed by atoms with van der Waals surface area (Å²) in [7, 11) is 3.03. The van der Waals surface area contributed by atoms with Crippen molar-refractivity contribution in [2.45, 2.75) is 18.4 Å². The highest BCUT2D eigenvalue weighted by Crippen LogP contribution is 2.34. The number of carbonyl (C=O) groups is 1. The molecular weight excluding hydrogens is 294 g/mol. The molecule has 0 radical (unpaired) electrons. The van der Waals surface area contributed by atoms with Crippen molar-refractivity contribution < 1.29 is 14.4 Å². The van der Waals surface area contributed by atoms with Gasteiger partial charge in [0.15, 0.2) is 0 Å². The number of morpholine rings is 1. The van der Waals surface area contributed by atoms with E-state index in [4.69, 9.17) is 9.57 Å². The maximum absolute atomic E-state index is 12.1. The summed E-state index contributed by atoms with van der Waals surface area (Å²) in [6, 6.07) is 12.1. The molecule has 0 N–H and O–H groups in total. The Morgan fingerprint density at radius 1 is 1.39 bits per heavy atom. The van der Waals surface area contributed by atoms with E-state index in [1.165, 1.54) is 12.2 Å². The van der Waals surface area contributed by atoms with Crippen molar-refractivity contribution in [2.24, 2.45) is 0 Å². The number of nitrogens with zero attached hydrogens (tertiary/aromatic N) is 3. The number of benzene rings is 1. The Balaban J connectivity index is 2.27. The van der Waals surface area contributed by atoms with Gasteiger partial charge in [0.2, 0.25) is 5.91 Å². The molecular formula is C17H23N3O3. The number of ether oxygens (including phenoxy) is 1. The molecule has 0 bridgehead atoms. The Morgan fingerprint density at radius 2 is 2.04 bits per heavy atom. The third kappa shape index (κ3) is 3.88. The number of carbonyl (C=O) groups excluding carboxylic acids is 1. The van der Waals surface area contributed by atoms with Crippen LogP contribution in [0, 0.1) is 11.3 Å². The van der Waals surface area contributed by atoms with Gasteiger partial charge in [-0.25, -0.2) is 5.06 Å². The third-order valence-electron chi connectivity index (χ3n) is 4.31. The summed E-state index contributed by atoms with van der Waals surface area (Å²) >= 11 is 0. The molecule has 124 valence electrons. The van der Waals surface area contributed by atoms with Crippen molar-refractivity contribution in [1.82, 2.24) is 9.96 Å². The maximum Gasteiger partial charge on any atom is 0.245 e. The highest BCUT2D eigenvalue weighted by atomic mass is 16.7. The van der Waals surface area contributed by atoms with E-state index in [1.807, 2.05) is 30.3 Å². The average molecular weight is 317 g/mol.